The first kappa shape index (κ1) is 19.1. The molecular formula is C20H20N2O4. The van der Waals surface area contributed by atoms with Crippen molar-refractivity contribution in [3.8, 4) is 11.5 Å². The summed E-state index contributed by atoms with van der Waals surface area (Å²) in [6.45, 7) is 1.30. The first-order valence-electron chi connectivity index (χ1n) is 8.43. The summed E-state index contributed by atoms with van der Waals surface area (Å²) in [4.78, 5) is 27.4. The number of ether oxygens (including phenoxy) is 2. The van der Waals surface area contributed by atoms with Gasteiger partial charge in [0.05, 0.1) is 24.6 Å². The Morgan fingerprint density at radius 2 is 1.00 bits per heavy atom. The average Bonchev–Trinajstić information content (AvgIpc) is 2.67. The zero-order valence-electron chi connectivity index (χ0n) is 14.4. The third-order valence-corrected chi connectivity index (χ3v) is 3.60. The van der Waals surface area contributed by atoms with Gasteiger partial charge in [-0.25, -0.2) is 9.59 Å². The van der Waals surface area contributed by atoms with Gasteiger partial charge in [-0.3, -0.25) is 0 Å². The Balaban J connectivity index is 1.52. The zero-order valence-corrected chi connectivity index (χ0v) is 14.4. The van der Waals surface area contributed by atoms with Gasteiger partial charge in [-0.15, -0.1) is 0 Å². The molecule has 0 N–H and O–H groups in total. The number of unbranched alkanes of at least 4 members (excludes halogenated alkanes) is 3. The fraction of sp³-hybridized carbons (Fsp3) is 0.300. The lowest BCUT2D eigenvalue weighted by molar-refractivity contribution is 0.287. The molecule has 2 aromatic carbocycles. The highest BCUT2D eigenvalue weighted by molar-refractivity contribution is 5.50. The fourth-order valence-electron chi connectivity index (χ4n) is 2.28. The monoisotopic (exact) mass is 352 g/mol. The Morgan fingerprint density at radius 1 is 0.615 bits per heavy atom. The van der Waals surface area contributed by atoms with E-state index in [0.29, 0.717) is 24.6 Å². The smallest absolute Gasteiger partial charge is 0.240 e. The quantitative estimate of drug-likeness (QED) is 0.335. The predicted octanol–water partition coefficient (Wildman–Crippen LogP) is 4.64. The molecule has 0 fully saturated rings. The second-order valence-corrected chi connectivity index (χ2v) is 5.51. The van der Waals surface area contributed by atoms with E-state index in [2.05, 4.69) is 9.98 Å². The van der Waals surface area contributed by atoms with E-state index in [4.69, 9.17) is 9.47 Å². The number of hydrogen-bond donors (Lipinski definition) is 0. The van der Waals surface area contributed by atoms with E-state index in [1.807, 2.05) is 0 Å². The van der Waals surface area contributed by atoms with Gasteiger partial charge in [0.2, 0.25) is 12.2 Å². The molecule has 0 amide bonds. The van der Waals surface area contributed by atoms with Crippen molar-refractivity contribution in [2.45, 2.75) is 25.7 Å². The number of hydrogen-bond acceptors (Lipinski definition) is 6. The Morgan fingerprint density at radius 3 is 1.35 bits per heavy atom. The van der Waals surface area contributed by atoms with Crippen molar-refractivity contribution in [2.24, 2.45) is 9.98 Å². The van der Waals surface area contributed by atoms with Crippen LogP contribution in [0, 0.1) is 0 Å². The van der Waals surface area contributed by atoms with Crippen LogP contribution in [0.15, 0.2) is 58.5 Å². The molecule has 0 radical (unpaired) electrons. The summed E-state index contributed by atoms with van der Waals surface area (Å²) >= 11 is 0. The molecule has 0 heterocycles. The minimum absolute atomic E-state index is 0.568. The van der Waals surface area contributed by atoms with E-state index in [0.717, 1.165) is 37.2 Å². The number of benzene rings is 2. The topological polar surface area (TPSA) is 77.3 Å². The molecule has 0 saturated carbocycles. The highest BCUT2D eigenvalue weighted by atomic mass is 16.5. The van der Waals surface area contributed by atoms with Crippen LogP contribution in [0.3, 0.4) is 0 Å². The normalized spacial score (nSPS) is 9.69. The summed E-state index contributed by atoms with van der Waals surface area (Å²) in [7, 11) is 0. The van der Waals surface area contributed by atoms with Gasteiger partial charge in [0.15, 0.2) is 0 Å². The number of rotatable bonds is 11. The Kier molecular flexibility index (Phi) is 8.37. The molecule has 2 rings (SSSR count). The van der Waals surface area contributed by atoms with Crippen LogP contribution in [0.5, 0.6) is 11.5 Å². The molecule has 0 aliphatic heterocycles. The maximum Gasteiger partial charge on any atom is 0.240 e. The molecule has 134 valence electrons. The van der Waals surface area contributed by atoms with Gasteiger partial charge in [-0.2, -0.15) is 9.98 Å². The van der Waals surface area contributed by atoms with Crippen LogP contribution in [0.4, 0.5) is 11.4 Å². The minimum atomic E-state index is 0.568. The lowest BCUT2D eigenvalue weighted by Gasteiger charge is -2.07. The molecule has 0 atom stereocenters. The number of isocyanates is 2. The lowest BCUT2D eigenvalue weighted by Crippen LogP contribution is -1.99. The van der Waals surface area contributed by atoms with Crippen molar-refractivity contribution in [1.29, 1.82) is 0 Å². The van der Waals surface area contributed by atoms with Crippen LogP contribution in [0.1, 0.15) is 25.7 Å². The van der Waals surface area contributed by atoms with Gasteiger partial charge in [-0.05, 0) is 74.2 Å². The van der Waals surface area contributed by atoms with E-state index in [1.54, 1.807) is 48.5 Å². The summed E-state index contributed by atoms with van der Waals surface area (Å²) in [5.74, 6) is 1.53. The summed E-state index contributed by atoms with van der Waals surface area (Å²) in [5, 5.41) is 0. The van der Waals surface area contributed by atoms with E-state index >= 15 is 0 Å². The van der Waals surface area contributed by atoms with Crippen molar-refractivity contribution in [2.75, 3.05) is 13.2 Å². The molecule has 6 heteroatoms. The van der Waals surface area contributed by atoms with E-state index in [9.17, 15) is 9.59 Å². The molecule has 0 saturated heterocycles. The van der Waals surface area contributed by atoms with Crippen LogP contribution in [0.25, 0.3) is 0 Å². The summed E-state index contributed by atoms with van der Waals surface area (Å²) in [6, 6.07) is 14.0. The standard InChI is InChI=1S/C20H20N2O4/c23-15-21-17-5-9-19(10-6-17)25-13-3-1-2-4-14-26-20-11-7-18(8-12-20)22-16-24/h5-12H,1-4,13-14H2. The largest absolute Gasteiger partial charge is 0.494 e. The van der Waals surface area contributed by atoms with Crippen molar-refractivity contribution < 1.29 is 19.1 Å². The second-order valence-electron chi connectivity index (χ2n) is 5.51. The van der Waals surface area contributed by atoms with E-state index < -0.39 is 0 Å². The molecule has 6 nitrogen and oxygen atoms in total. The SMILES string of the molecule is O=C=Nc1ccc(OCCCCCCOc2ccc(N=C=O)cc2)cc1. The lowest BCUT2D eigenvalue weighted by atomic mass is 10.2. The van der Waals surface area contributed by atoms with Crippen LogP contribution >= 0.6 is 0 Å². The van der Waals surface area contributed by atoms with Gasteiger partial charge in [-0.1, -0.05) is 0 Å². The van der Waals surface area contributed by atoms with Gasteiger partial charge in [0, 0.05) is 0 Å². The molecule has 0 aliphatic carbocycles. The Hall–Kier alpha value is -3.20. The van der Waals surface area contributed by atoms with Crippen LogP contribution in [-0.2, 0) is 9.59 Å². The molecule has 2 aromatic rings. The average molecular weight is 352 g/mol. The fourth-order valence-corrected chi connectivity index (χ4v) is 2.28. The number of carbonyl (C=O) groups excluding carboxylic acids is 2. The summed E-state index contributed by atoms with van der Waals surface area (Å²) < 4.78 is 11.3. The van der Waals surface area contributed by atoms with Crippen LogP contribution in [0.2, 0.25) is 0 Å². The highest BCUT2D eigenvalue weighted by Gasteiger charge is 1.97. The van der Waals surface area contributed by atoms with E-state index in [1.165, 1.54) is 12.2 Å². The van der Waals surface area contributed by atoms with Crippen LogP contribution < -0.4 is 9.47 Å². The van der Waals surface area contributed by atoms with Crippen molar-refractivity contribution in [1.82, 2.24) is 0 Å². The van der Waals surface area contributed by atoms with Crippen LogP contribution in [-0.4, -0.2) is 25.4 Å². The number of aliphatic imine (C=N–C) groups is 2. The maximum absolute atomic E-state index is 10.1. The van der Waals surface area contributed by atoms with Gasteiger partial charge in [0.1, 0.15) is 11.5 Å². The molecule has 0 bridgehead atoms. The molecule has 0 aliphatic rings. The van der Waals surface area contributed by atoms with Gasteiger partial charge < -0.3 is 9.47 Å². The summed E-state index contributed by atoms with van der Waals surface area (Å²) in [6.07, 6.45) is 7.06. The minimum Gasteiger partial charge on any atom is -0.494 e. The number of nitrogens with zero attached hydrogens (tertiary/aromatic N) is 2. The molecule has 0 unspecified atom stereocenters. The maximum atomic E-state index is 10.1. The summed E-state index contributed by atoms with van der Waals surface area (Å²) in [5.41, 5.74) is 1.14. The van der Waals surface area contributed by atoms with E-state index in [-0.39, 0.29) is 0 Å². The Bertz CT molecular complexity index is 692. The van der Waals surface area contributed by atoms with Crippen molar-refractivity contribution in [3.05, 3.63) is 48.5 Å². The zero-order chi connectivity index (χ0) is 18.5. The first-order chi connectivity index (χ1) is 12.8. The van der Waals surface area contributed by atoms with Crippen molar-refractivity contribution in [3.63, 3.8) is 0 Å². The van der Waals surface area contributed by atoms with Gasteiger partial charge in [0.25, 0.3) is 0 Å². The molecule has 0 spiro atoms. The molecular weight excluding hydrogens is 332 g/mol. The first-order valence-corrected chi connectivity index (χ1v) is 8.43. The molecule has 26 heavy (non-hydrogen) atoms. The third kappa shape index (κ3) is 7.14. The highest BCUT2D eigenvalue weighted by Crippen LogP contribution is 2.19. The third-order valence-electron chi connectivity index (χ3n) is 3.60. The van der Waals surface area contributed by atoms with Gasteiger partial charge >= 0.3 is 0 Å². The Labute approximate surface area is 152 Å². The van der Waals surface area contributed by atoms with Crippen molar-refractivity contribution >= 4 is 23.5 Å². The molecule has 0 aromatic heterocycles. The predicted molar refractivity (Wildman–Crippen MR) is 97.9 cm³/mol. The second kappa shape index (κ2) is 11.4.